The highest BCUT2D eigenvalue weighted by Gasteiger charge is 2.42. The van der Waals surface area contributed by atoms with Crippen molar-refractivity contribution in [2.24, 2.45) is 0 Å². The molecule has 2 fully saturated rings. The Hall–Kier alpha value is -3.16. The predicted molar refractivity (Wildman–Crippen MR) is 118 cm³/mol. The molecule has 5 rings (SSSR count). The minimum absolute atomic E-state index is 0.290. The molecule has 0 unspecified atom stereocenters. The van der Waals surface area contributed by atoms with Crippen LogP contribution in [-0.4, -0.2) is 53.0 Å². The van der Waals surface area contributed by atoms with Crippen molar-refractivity contribution in [3.63, 3.8) is 0 Å². The Balaban J connectivity index is 1.11. The van der Waals surface area contributed by atoms with Gasteiger partial charge in [-0.2, -0.15) is 0 Å². The Morgan fingerprint density at radius 2 is 1.62 bits per heavy atom. The van der Waals surface area contributed by atoms with Gasteiger partial charge in [-0.05, 0) is 41.8 Å². The van der Waals surface area contributed by atoms with Crippen molar-refractivity contribution in [1.82, 2.24) is 14.8 Å². The van der Waals surface area contributed by atoms with Crippen molar-refractivity contribution in [1.29, 1.82) is 0 Å². The third-order valence-corrected chi connectivity index (χ3v) is 6.41. The van der Waals surface area contributed by atoms with E-state index in [0.29, 0.717) is 24.3 Å². The summed E-state index contributed by atoms with van der Waals surface area (Å²) in [7, 11) is 1.41. The first-order valence-electron chi connectivity index (χ1n) is 10.9. The van der Waals surface area contributed by atoms with Crippen molar-refractivity contribution in [2.45, 2.75) is 38.2 Å². The fourth-order valence-corrected chi connectivity index (χ4v) is 4.71. The van der Waals surface area contributed by atoms with Gasteiger partial charge in [0.15, 0.2) is 6.39 Å². The lowest BCUT2D eigenvalue weighted by Crippen LogP contribution is -2.45. The summed E-state index contributed by atoms with van der Waals surface area (Å²) in [5.41, 5.74) is 3.92. The number of benzene rings is 2. The first kappa shape index (κ1) is 20.7. The highest BCUT2D eigenvalue weighted by Crippen LogP contribution is 2.33. The highest BCUT2D eigenvalue weighted by atomic mass is 16.5. The molecule has 3 heterocycles. The van der Waals surface area contributed by atoms with Crippen LogP contribution in [0.3, 0.4) is 0 Å². The summed E-state index contributed by atoms with van der Waals surface area (Å²) in [6, 6.07) is 17.3. The molecule has 0 radical (unpaired) electrons. The average molecular weight is 434 g/mol. The number of methoxy groups -OCH3 is 1. The molecule has 2 aromatic carbocycles. The van der Waals surface area contributed by atoms with Crippen molar-refractivity contribution >= 4 is 5.97 Å². The van der Waals surface area contributed by atoms with E-state index < -0.39 is 0 Å². The first-order valence-corrected chi connectivity index (χ1v) is 10.9. The van der Waals surface area contributed by atoms with E-state index >= 15 is 0 Å². The summed E-state index contributed by atoms with van der Waals surface area (Å²) >= 11 is 0. The number of oxazole rings is 1. The fourth-order valence-electron chi connectivity index (χ4n) is 4.71. The number of rotatable bonds is 8. The number of ether oxygens (including phenoxy) is 2. The van der Waals surface area contributed by atoms with Crippen molar-refractivity contribution in [3.05, 3.63) is 83.6 Å². The number of aromatic nitrogens is 1. The van der Waals surface area contributed by atoms with Gasteiger partial charge in [0.2, 0.25) is 0 Å². The number of esters is 1. The topological polar surface area (TPSA) is 68.0 Å². The number of carbonyl (C=O) groups excluding carboxylic acids is 1. The number of fused-ring (bicyclic) bond motifs is 2. The molecule has 7 nitrogen and oxygen atoms in total. The molecular weight excluding hydrogens is 406 g/mol. The number of piperazine rings is 1. The van der Waals surface area contributed by atoms with Gasteiger partial charge in [0, 0.05) is 38.3 Å². The molecule has 2 saturated heterocycles. The van der Waals surface area contributed by atoms with Crippen molar-refractivity contribution in [3.8, 4) is 5.75 Å². The number of hydrogen-bond donors (Lipinski definition) is 0. The van der Waals surface area contributed by atoms with Crippen LogP contribution in [0.5, 0.6) is 5.75 Å². The van der Waals surface area contributed by atoms with E-state index in [1.807, 2.05) is 36.4 Å². The molecule has 32 heavy (non-hydrogen) atoms. The second-order valence-corrected chi connectivity index (χ2v) is 8.50. The lowest BCUT2D eigenvalue weighted by Gasteiger charge is -2.34. The number of likely N-dealkylation sites (tertiary alicyclic amines) is 2. The molecule has 2 aliphatic heterocycles. The van der Waals surface area contributed by atoms with Gasteiger partial charge in [0.1, 0.15) is 24.3 Å². The Labute approximate surface area is 187 Å². The second-order valence-electron chi connectivity index (χ2n) is 8.50. The van der Waals surface area contributed by atoms with E-state index in [2.05, 4.69) is 26.9 Å². The second kappa shape index (κ2) is 9.14. The van der Waals surface area contributed by atoms with E-state index in [1.54, 1.807) is 6.26 Å². The third kappa shape index (κ3) is 4.54. The summed E-state index contributed by atoms with van der Waals surface area (Å²) in [5.74, 6) is 0.547. The predicted octanol–water partition coefficient (Wildman–Crippen LogP) is 3.50. The van der Waals surface area contributed by atoms with Crippen LogP contribution in [0, 0.1) is 0 Å². The van der Waals surface area contributed by atoms with Crippen LogP contribution in [0.15, 0.2) is 65.6 Å². The van der Waals surface area contributed by atoms with Crippen LogP contribution < -0.4 is 4.74 Å². The van der Waals surface area contributed by atoms with Crippen molar-refractivity contribution in [2.75, 3.05) is 20.2 Å². The molecule has 0 aliphatic carbocycles. The van der Waals surface area contributed by atoms with Gasteiger partial charge in [-0.1, -0.05) is 24.3 Å². The van der Waals surface area contributed by atoms with Gasteiger partial charge in [0.25, 0.3) is 0 Å². The highest BCUT2D eigenvalue weighted by molar-refractivity contribution is 5.89. The van der Waals surface area contributed by atoms with Crippen LogP contribution in [-0.2, 0) is 24.4 Å². The molecule has 2 bridgehead atoms. The maximum atomic E-state index is 11.6. The van der Waals surface area contributed by atoms with Gasteiger partial charge in [-0.15, -0.1) is 0 Å². The summed E-state index contributed by atoms with van der Waals surface area (Å²) in [6.45, 7) is 4.48. The maximum absolute atomic E-state index is 11.6. The first-order chi connectivity index (χ1) is 15.7. The Kier molecular flexibility index (Phi) is 5.92. The maximum Gasteiger partial charge on any atom is 0.337 e. The lowest BCUT2D eigenvalue weighted by molar-refractivity contribution is 0.0600. The molecule has 2 atom stereocenters. The Morgan fingerprint density at radius 1 is 1.00 bits per heavy atom. The molecule has 7 heteroatoms. The summed E-state index contributed by atoms with van der Waals surface area (Å²) in [6.07, 6.45) is 4.23. The zero-order chi connectivity index (χ0) is 21.9. The zero-order valence-electron chi connectivity index (χ0n) is 18.1. The van der Waals surface area contributed by atoms with Gasteiger partial charge in [-0.3, -0.25) is 9.80 Å². The quantitative estimate of drug-likeness (QED) is 0.504. The Bertz CT molecular complexity index is 1030. The van der Waals surface area contributed by atoms with E-state index in [9.17, 15) is 4.79 Å². The average Bonchev–Trinajstić information content (AvgIpc) is 3.57. The van der Waals surface area contributed by atoms with Gasteiger partial charge in [-0.25, -0.2) is 9.78 Å². The Morgan fingerprint density at radius 3 is 2.16 bits per heavy atom. The van der Waals surface area contributed by atoms with Crippen LogP contribution in [0.25, 0.3) is 0 Å². The molecule has 0 N–H and O–H groups in total. The van der Waals surface area contributed by atoms with E-state index in [0.717, 1.165) is 37.6 Å². The van der Waals surface area contributed by atoms with Gasteiger partial charge in [0.05, 0.1) is 12.7 Å². The molecular formula is C25H27N3O4. The van der Waals surface area contributed by atoms with E-state index in [4.69, 9.17) is 13.9 Å². The standard InChI is InChI=1S/C25H27N3O4/c1-30-25(29)20-6-2-18(3-7-20)11-27-13-23-10-22(27)14-28(23)12-19-4-8-24(9-5-19)32-16-21-15-31-17-26-21/h2-9,15,17,22-23H,10-14,16H2,1H3/t22-,23+/m1/s1. The number of carbonyl (C=O) groups is 1. The zero-order valence-corrected chi connectivity index (χ0v) is 18.1. The van der Waals surface area contributed by atoms with Crippen LogP contribution in [0.4, 0.5) is 0 Å². The van der Waals surface area contributed by atoms with Crippen LogP contribution >= 0.6 is 0 Å². The number of nitrogens with zero attached hydrogens (tertiary/aromatic N) is 3. The lowest BCUT2D eigenvalue weighted by atomic mass is 10.1. The number of hydrogen-bond acceptors (Lipinski definition) is 7. The van der Waals surface area contributed by atoms with Gasteiger partial charge >= 0.3 is 5.97 Å². The summed E-state index contributed by atoms with van der Waals surface area (Å²) in [5, 5.41) is 0. The van der Waals surface area contributed by atoms with Crippen LogP contribution in [0.1, 0.15) is 33.6 Å². The largest absolute Gasteiger partial charge is 0.487 e. The van der Waals surface area contributed by atoms with E-state index in [1.165, 1.54) is 31.1 Å². The molecule has 166 valence electrons. The molecule has 3 aromatic rings. The molecule has 0 spiro atoms. The van der Waals surface area contributed by atoms with Crippen LogP contribution in [0.2, 0.25) is 0 Å². The SMILES string of the molecule is COC(=O)c1ccc(CN2C[C@@H]3C[C@@H]2CN3Cc2ccc(OCc3cocn3)cc2)cc1. The minimum Gasteiger partial charge on any atom is -0.487 e. The molecule has 0 saturated carbocycles. The summed E-state index contributed by atoms with van der Waals surface area (Å²) < 4.78 is 15.5. The van der Waals surface area contributed by atoms with Gasteiger partial charge < -0.3 is 13.9 Å². The minimum atomic E-state index is -0.290. The normalized spacial score (nSPS) is 20.5. The molecule has 1 aromatic heterocycles. The molecule has 0 amide bonds. The smallest absolute Gasteiger partial charge is 0.337 e. The third-order valence-electron chi connectivity index (χ3n) is 6.41. The van der Waals surface area contributed by atoms with Crippen molar-refractivity contribution < 1.29 is 18.7 Å². The molecule has 2 aliphatic rings. The van der Waals surface area contributed by atoms with E-state index in [-0.39, 0.29) is 5.97 Å². The monoisotopic (exact) mass is 433 g/mol. The fraction of sp³-hybridized carbons (Fsp3) is 0.360. The summed E-state index contributed by atoms with van der Waals surface area (Å²) in [4.78, 5) is 20.8.